The zero-order valence-electron chi connectivity index (χ0n) is 15.4. The smallest absolute Gasteiger partial charge is 0.162 e. The second-order valence-corrected chi connectivity index (χ2v) is 7.56. The van der Waals surface area contributed by atoms with Crippen molar-refractivity contribution in [1.29, 1.82) is 0 Å². The van der Waals surface area contributed by atoms with Crippen LogP contribution in [0.15, 0.2) is 60.8 Å². The fraction of sp³-hybridized carbons (Fsp3) is 0.0455. The zero-order valence-corrected chi connectivity index (χ0v) is 16.9. The number of rotatable bonds is 2. The van der Waals surface area contributed by atoms with E-state index in [0.717, 1.165) is 16.5 Å². The van der Waals surface area contributed by atoms with E-state index in [4.69, 9.17) is 38.9 Å². The van der Waals surface area contributed by atoms with E-state index in [1.807, 2.05) is 60.1 Å². The predicted octanol–water partition coefficient (Wildman–Crippen LogP) is 5.74. The largest absolute Gasteiger partial charge is 0.397 e. The summed E-state index contributed by atoms with van der Waals surface area (Å²) in [5.74, 6) is 0.703. The summed E-state index contributed by atoms with van der Waals surface area (Å²) in [5, 5.41) is 2.10. The highest BCUT2D eigenvalue weighted by atomic mass is 35.5. The number of nitrogen functional groups attached to an aromatic ring is 1. The van der Waals surface area contributed by atoms with Gasteiger partial charge in [-0.15, -0.1) is 0 Å². The number of para-hydroxylation sites is 1. The molecule has 2 N–H and O–H groups in total. The van der Waals surface area contributed by atoms with Crippen LogP contribution in [-0.2, 0) is 7.05 Å². The van der Waals surface area contributed by atoms with Crippen molar-refractivity contribution in [3.63, 3.8) is 0 Å². The molecule has 29 heavy (non-hydrogen) atoms. The lowest BCUT2D eigenvalue weighted by Crippen LogP contribution is -1.98. The molecule has 5 aromatic rings. The van der Waals surface area contributed by atoms with E-state index in [1.54, 1.807) is 12.3 Å². The molecule has 0 unspecified atom stereocenters. The van der Waals surface area contributed by atoms with Crippen molar-refractivity contribution in [2.24, 2.45) is 7.05 Å². The molecule has 5 rings (SSSR count). The number of imidazole rings is 1. The van der Waals surface area contributed by atoms with Crippen molar-refractivity contribution in [2.45, 2.75) is 0 Å². The molecule has 0 aliphatic carbocycles. The van der Waals surface area contributed by atoms with E-state index in [9.17, 15) is 0 Å². The van der Waals surface area contributed by atoms with Crippen LogP contribution < -0.4 is 5.73 Å². The Kier molecular flexibility index (Phi) is 4.15. The van der Waals surface area contributed by atoms with Crippen LogP contribution in [0.4, 0.5) is 5.69 Å². The van der Waals surface area contributed by atoms with Gasteiger partial charge < -0.3 is 10.3 Å². The molecule has 0 fully saturated rings. The van der Waals surface area contributed by atoms with E-state index < -0.39 is 0 Å². The van der Waals surface area contributed by atoms with Crippen molar-refractivity contribution in [1.82, 2.24) is 19.5 Å². The molecule has 0 bridgehead atoms. The average Bonchev–Trinajstić information content (AvgIpc) is 3.06. The van der Waals surface area contributed by atoms with Crippen LogP contribution >= 0.6 is 23.2 Å². The van der Waals surface area contributed by atoms with Crippen LogP contribution in [0.2, 0.25) is 10.0 Å². The lowest BCUT2D eigenvalue weighted by Gasteiger charge is -2.13. The first kappa shape index (κ1) is 17.9. The van der Waals surface area contributed by atoms with E-state index in [1.165, 1.54) is 0 Å². The maximum Gasteiger partial charge on any atom is 0.162 e. The lowest BCUT2D eigenvalue weighted by molar-refractivity contribution is 0.942. The fourth-order valence-electron chi connectivity index (χ4n) is 3.53. The molecule has 2 aromatic carbocycles. The maximum atomic E-state index is 6.52. The molecule has 3 heterocycles. The first-order valence-corrected chi connectivity index (χ1v) is 9.71. The Hall–Kier alpha value is -3.15. The normalized spacial score (nSPS) is 11.4. The first-order valence-electron chi connectivity index (χ1n) is 8.96. The molecule has 0 saturated heterocycles. The summed E-state index contributed by atoms with van der Waals surface area (Å²) < 4.78 is 1.92. The van der Waals surface area contributed by atoms with Crippen molar-refractivity contribution >= 4 is 51.0 Å². The van der Waals surface area contributed by atoms with Gasteiger partial charge in [0.2, 0.25) is 0 Å². The van der Waals surface area contributed by atoms with Crippen molar-refractivity contribution in [3.05, 3.63) is 70.8 Å². The van der Waals surface area contributed by atoms with Crippen molar-refractivity contribution in [2.75, 3.05) is 5.73 Å². The minimum Gasteiger partial charge on any atom is -0.397 e. The quantitative estimate of drug-likeness (QED) is 0.395. The van der Waals surface area contributed by atoms with Crippen molar-refractivity contribution < 1.29 is 0 Å². The van der Waals surface area contributed by atoms with Crippen LogP contribution in [0, 0.1) is 0 Å². The molecule has 0 saturated carbocycles. The summed E-state index contributed by atoms with van der Waals surface area (Å²) in [6.45, 7) is 0. The summed E-state index contributed by atoms with van der Waals surface area (Å²) in [5.41, 5.74) is 11.1. The third kappa shape index (κ3) is 2.82. The van der Waals surface area contributed by atoms with Crippen LogP contribution in [0.25, 0.3) is 44.7 Å². The molecular formula is C22H15Cl2N5. The molecule has 0 amide bonds. The molecule has 0 atom stereocenters. The summed E-state index contributed by atoms with van der Waals surface area (Å²) in [4.78, 5) is 14.1. The van der Waals surface area contributed by atoms with Gasteiger partial charge in [0.1, 0.15) is 11.3 Å². The highest BCUT2D eigenvalue weighted by Gasteiger charge is 2.20. The van der Waals surface area contributed by atoms with Gasteiger partial charge in [-0.25, -0.2) is 15.0 Å². The second kappa shape index (κ2) is 6.72. The Balaban J connectivity index is 1.91. The number of aryl methyl sites for hydroxylation is 1. The van der Waals surface area contributed by atoms with E-state index in [0.29, 0.717) is 43.9 Å². The van der Waals surface area contributed by atoms with E-state index >= 15 is 0 Å². The Morgan fingerprint density at radius 2 is 1.66 bits per heavy atom. The van der Waals surface area contributed by atoms with Gasteiger partial charge in [0.15, 0.2) is 5.65 Å². The number of aromatic nitrogens is 4. The number of anilines is 1. The number of fused-ring (bicyclic) bond motifs is 2. The van der Waals surface area contributed by atoms with E-state index in [2.05, 4.69) is 4.98 Å². The summed E-state index contributed by atoms with van der Waals surface area (Å²) in [7, 11) is 1.91. The molecule has 0 aliphatic rings. The summed E-state index contributed by atoms with van der Waals surface area (Å²) in [6.07, 6.45) is 1.68. The number of hydrogen-bond donors (Lipinski definition) is 1. The number of benzene rings is 2. The number of pyridine rings is 2. The standard InChI is InChI=1S/C22H15Cl2N5/c1-29-21(28-20-17(25)9-10-26-22(20)29)14-11-12-5-4-8-16(24)18(12)27-19(14)13-6-2-3-7-15(13)23/h2-11H,1H3,(H2,25,26). The van der Waals surface area contributed by atoms with Gasteiger partial charge in [-0.2, -0.15) is 0 Å². The monoisotopic (exact) mass is 419 g/mol. The van der Waals surface area contributed by atoms with Gasteiger partial charge in [-0.3, -0.25) is 0 Å². The van der Waals surface area contributed by atoms with Gasteiger partial charge >= 0.3 is 0 Å². The Morgan fingerprint density at radius 1 is 0.862 bits per heavy atom. The predicted molar refractivity (Wildman–Crippen MR) is 119 cm³/mol. The van der Waals surface area contributed by atoms with Gasteiger partial charge in [0, 0.05) is 34.8 Å². The topological polar surface area (TPSA) is 69.6 Å². The summed E-state index contributed by atoms with van der Waals surface area (Å²) >= 11 is 12.9. The molecule has 0 radical (unpaired) electrons. The minimum absolute atomic E-state index is 0.577. The van der Waals surface area contributed by atoms with Gasteiger partial charge in [0.05, 0.1) is 21.9 Å². The SMILES string of the molecule is Cn1c(-c2cc3cccc(Cl)c3nc2-c2ccccc2Cl)nc2c(N)ccnc21. The van der Waals surface area contributed by atoms with E-state index in [-0.39, 0.29) is 0 Å². The maximum absolute atomic E-state index is 6.52. The average molecular weight is 420 g/mol. The molecule has 0 aliphatic heterocycles. The van der Waals surface area contributed by atoms with Gasteiger partial charge in [-0.1, -0.05) is 53.5 Å². The second-order valence-electron chi connectivity index (χ2n) is 6.74. The number of halogens is 2. The van der Waals surface area contributed by atoms with Crippen LogP contribution in [0.1, 0.15) is 0 Å². The molecule has 7 heteroatoms. The van der Waals surface area contributed by atoms with Crippen LogP contribution in [0.3, 0.4) is 0 Å². The Labute approximate surface area is 176 Å². The molecule has 0 spiro atoms. The first-order chi connectivity index (χ1) is 14.0. The number of nitrogens with zero attached hydrogens (tertiary/aromatic N) is 4. The Bertz CT molecular complexity index is 1410. The zero-order chi connectivity index (χ0) is 20.1. The lowest BCUT2D eigenvalue weighted by atomic mass is 10.0. The molecule has 5 nitrogen and oxygen atoms in total. The molecule has 3 aromatic heterocycles. The summed E-state index contributed by atoms with van der Waals surface area (Å²) in [6, 6.07) is 17.1. The fourth-order valence-corrected chi connectivity index (χ4v) is 3.98. The molecular weight excluding hydrogens is 405 g/mol. The third-order valence-electron chi connectivity index (χ3n) is 4.96. The molecule has 142 valence electrons. The minimum atomic E-state index is 0.577. The van der Waals surface area contributed by atoms with Gasteiger partial charge in [-0.05, 0) is 24.3 Å². The Morgan fingerprint density at radius 3 is 2.45 bits per heavy atom. The van der Waals surface area contributed by atoms with Crippen molar-refractivity contribution in [3.8, 4) is 22.6 Å². The number of nitrogens with two attached hydrogens (primary N) is 1. The highest BCUT2D eigenvalue weighted by molar-refractivity contribution is 6.35. The van der Waals surface area contributed by atoms with Crippen LogP contribution in [-0.4, -0.2) is 19.5 Å². The van der Waals surface area contributed by atoms with Gasteiger partial charge in [0.25, 0.3) is 0 Å². The number of hydrogen-bond acceptors (Lipinski definition) is 4. The third-order valence-corrected chi connectivity index (χ3v) is 5.59. The van der Waals surface area contributed by atoms with Crippen LogP contribution in [0.5, 0.6) is 0 Å². The highest BCUT2D eigenvalue weighted by Crippen LogP contribution is 2.38.